The normalized spacial score (nSPS) is 33.0. The molecule has 5 unspecified atom stereocenters. The summed E-state index contributed by atoms with van der Waals surface area (Å²) in [6.45, 7) is 12.0. The molecule has 0 amide bonds. The van der Waals surface area contributed by atoms with E-state index in [-0.39, 0.29) is 0 Å². The predicted octanol–water partition coefficient (Wildman–Crippen LogP) is 4.46. The van der Waals surface area contributed by atoms with E-state index in [9.17, 15) is 0 Å². The average molecular weight is 260 g/mol. The van der Waals surface area contributed by atoms with Crippen molar-refractivity contribution in [1.82, 2.24) is 9.97 Å². The largest absolute Gasteiger partial charge is 0.348 e. The smallest absolute Gasteiger partial charge is 0.0921 e. The zero-order valence-corrected chi connectivity index (χ0v) is 13.0. The first kappa shape index (κ1) is 14.4. The van der Waals surface area contributed by atoms with Crippen LogP contribution in [0.5, 0.6) is 0 Å². The molecule has 2 nitrogen and oxygen atoms in total. The van der Waals surface area contributed by atoms with Gasteiger partial charge in [-0.2, -0.15) is 0 Å². The number of hydrogen-bond acceptors (Lipinski definition) is 1. The van der Waals surface area contributed by atoms with Gasteiger partial charge in [-0.25, -0.2) is 4.98 Å². The summed E-state index contributed by atoms with van der Waals surface area (Å²) in [7, 11) is 0. The van der Waals surface area contributed by atoms with Crippen LogP contribution in [0.1, 0.15) is 46.7 Å². The minimum atomic E-state index is 0.677. The van der Waals surface area contributed by atoms with Crippen molar-refractivity contribution in [1.29, 1.82) is 0 Å². The number of hydrogen-bond donors (Lipinski definition) is 1. The fourth-order valence-electron chi connectivity index (χ4n) is 3.42. The Balaban J connectivity index is 2.01. The Morgan fingerprint density at radius 2 is 1.95 bits per heavy atom. The molecule has 0 radical (unpaired) electrons. The summed E-state index contributed by atoms with van der Waals surface area (Å²) in [5.41, 5.74) is 2.93. The second kappa shape index (κ2) is 5.94. The number of rotatable bonds is 4. The molecule has 19 heavy (non-hydrogen) atoms. The maximum absolute atomic E-state index is 4.09. The third-order valence-corrected chi connectivity index (χ3v) is 5.40. The van der Waals surface area contributed by atoms with Crippen molar-refractivity contribution in [3.8, 4) is 0 Å². The zero-order chi connectivity index (χ0) is 14.0. The monoisotopic (exact) mass is 260 g/mol. The lowest BCUT2D eigenvalue weighted by Gasteiger charge is -2.38. The first-order chi connectivity index (χ1) is 9.00. The average Bonchev–Trinajstić information content (AvgIpc) is 2.91. The molecule has 0 fully saturated rings. The zero-order valence-electron chi connectivity index (χ0n) is 13.0. The van der Waals surface area contributed by atoms with E-state index in [1.807, 2.05) is 6.20 Å². The van der Waals surface area contributed by atoms with E-state index in [0.29, 0.717) is 5.92 Å². The van der Waals surface area contributed by atoms with Crippen molar-refractivity contribution in [2.24, 2.45) is 29.6 Å². The van der Waals surface area contributed by atoms with Crippen LogP contribution < -0.4 is 0 Å². The van der Waals surface area contributed by atoms with Crippen LogP contribution in [0.2, 0.25) is 0 Å². The highest BCUT2D eigenvalue weighted by Crippen LogP contribution is 2.41. The summed E-state index contributed by atoms with van der Waals surface area (Å²) in [4.78, 5) is 7.29. The topological polar surface area (TPSA) is 28.7 Å². The molecule has 1 aliphatic rings. The molecule has 0 saturated carbocycles. The van der Waals surface area contributed by atoms with Gasteiger partial charge in [-0.15, -0.1) is 0 Å². The number of aromatic nitrogens is 2. The van der Waals surface area contributed by atoms with Crippen molar-refractivity contribution in [3.05, 3.63) is 29.9 Å². The van der Waals surface area contributed by atoms with Crippen LogP contribution in [0.4, 0.5) is 0 Å². The lowest BCUT2D eigenvalue weighted by molar-refractivity contribution is 0.224. The van der Waals surface area contributed by atoms with Gasteiger partial charge in [0.25, 0.3) is 0 Å². The van der Waals surface area contributed by atoms with Gasteiger partial charge in [0.2, 0.25) is 0 Å². The van der Waals surface area contributed by atoms with Crippen molar-refractivity contribution in [3.63, 3.8) is 0 Å². The Kier molecular flexibility index (Phi) is 4.49. The minimum Gasteiger partial charge on any atom is -0.348 e. The van der Waals surface area contributed by atoms with Crippen molar-refractivity contribution >= 4 is 0 Å². The van der Waals surface area contributed by atoms with Crippen molar-refractivity contribution in [2.75, 3.05) is 0 Å². The van der Waals surface area contributed by atoms with E-state index in [2.05, 4.69) is 50.7 Å². The highest BCUT2D eigenvalue weighted by molar-refractivity contribution is 5.17. The number of allylic oxidation sites excluding steroid dienone is 2. The third-order valence-electron chi connectivity index (χ3n) is 5.40. The second-order valence-corrected chi connectivity index (χ2v) is 6.55. The number of aromatic amines is 1. The molecule has 1 aromatic heterocycles. The Morgan fingerprint density at radius 3 is 2.58 bits per heavy atom. The van der Waals surface area contributed by atoms with E-state index in [4.69, 9.17) is 0 Å². The van der Waals surface area contributed by atoms with Crippen LogP contribution in [-0.2, 0) is 6.42 Å². The SMILES string of the molecule is CC(CCc1cnc[nH]1)C1=CC(C)C(C)C(C)C1C. The molecule has 2 heteroatoms. The van der Waals surface area contributed by atoms with Gasteiger partial charge in [0, 0.05) is 11.9 Å². The van der Waals surface area contributed by atoms with Gasteiger partial charge < -0.3 is 4.98 Å². The van der Waals surface area contributed by atoms with Crippen LogP contribution in [0.15, 0.2) is 24.2 Å². The molecular weight excluding hydrogens is 232 g/mol. The van der Waals surface area contributed by atoms with E-state index < -0.39 is 0 Å². The Labute approximate surface area is 117 Å². The number of nitrogens with one attached hydrogen (secondary N) is 1. The molecule has 1 aromatic rings. The molecule has 5 atom stereocenters. The van der Waals surface area contributed by atoms with Crippen molar-refractivity contribution < 1.29 is 0 Å². The maximum Gasteiger partial charge on any atom is 0.0921 e. The summed E-state index contributed by atoms with van der Waals surface area (Å²) in [6, 6.07) is 0. The Morgan fingerprint density at radius 1 is 1.21 bits per heavy atom. The third kappa shape index (κ3) is 3.10. The molecule has 0 aromatic carbocycles. The Hall–Kier alpha value is -1.05. The van der Waals surface area contributed by atoms with Gasteiger partial charge in [0.05, 0.1) is 6.33 Å². The summed E-state index contributed by atoms with van der Waals surface area (Å²) in [5.74, 6) is 3.72. The molecule has 1 N–H and O–H groups in total. The van der Waals surface area contributed by atoms with Crippen LogP contribution >= 0.6 is 0 Å². The highest BCUT2D eigenvalue weighted by atomic mass is 14.9. The number of aryl methyl sites for hydroxylation is 1. The molecule has 106 valence electrons. The molecule has 0 aliphatic heterocycles. The number of H-pyrrole nitrogens is 1. The standard InChI is InChI=1S/C17H28N2/c1-11(6-7-16-9-18-10-19-16)17-8-12(2)13(3)14(4)15(17)5/h8-15H,6-7H2,1-5H3,(H,18,19). The quantitative estimate of drug-likeness (QED) is 0.795. The molecule has 0 spiro atoms. The fourth-order valence-corrected chi connectivity index (χ4v) is 3.42. The predicted molar refractivity (Wildman–Crippen MR) is 80.8 cm³/mol. The molecule has 2 rings (SSSR count). The van der Waals surface area contributed by atoms with E-state index in [1.54, 1.807) is 11.9 Å². The lowest BCUT2D eigenvalue weighted by atomic mass is 9.67. The van der Waals surface area contributed by atoms with Gasteiger partial charge in [-0.3, -0.25) is 0 Å². The van der Waals surface area contributed by atoms with Gasteiger partial charge in [0.15, 0.2) is 0 Å². The molecular formula is C17H28N2. The number of imidazole rings is 1. The van der Waals surface area contributed by atoms with Crippen LogP contribution in [-0.4, -0.2) is 9.97 Å². The molecule has 1 aliphatic carbocycles. The fraction of sp³-hybridized carbons (Fsp3) is 0.706. The number of nitrogens with zero attached hydrogens (tertiary/aromatic N) is 1. The summed E-state index contributed by atoms with van der Waals surface area (Å²) in [6.07, 6.45) is 8.58. The molecule has 0 bridgehead atoms. The maximum atomic E-state index is 4.09. The van der Waals surface area contributed by atoms with Gasteiger partial charge in [-0.1, -0.05) is 46.3 Å². The summed E-state index contributed by atoms with van der Waals surface area (Å²) in [5, 5.41) is 0. The Bertz CT molecular complexity index is 418. The lowest BCUT2D eigenvalue weighted by Crippen LogP contribution is -2.30. The van der Waals surface area contributed by atoms with Crippen LogP contribution in [0, 0.1) is 29.6 Å². The van der Waals surface area contributed by atoms with Gasteiger partial charge >= 0.3 is 0 Å². The first-order valence-electron chi connectivity index (χ1n) is 7.69. The van der Waals surface area contributed by atoms with E-state index in [0.717, 1.165) is 30.1 Å². The second-order valence-electron chi connectivity index (χ2n) is 6.55. The summed E-state index contributed by atoms with van der Waals surface area (Å²) < 4.78 is 0. The minimum absolute atomic E-state index is 0.677. The molecule has 0 saturated heterocycles. The van der Waals surface area contributed by atoms with E-state index >= 15 is 0 Å². The van der Waals surface area contributed by atoms with Gasteiger partial charge in [-0.05, 0) is 42.4 Å². The first-order valence-corrected chi connectivity index (χ1v) is 7.69. The van der Waals surface area contributed by atoms with E-state index in [1.165, 1.54) is 12.1 Å². The summed E-state index contributed by atoms with van der Waals surface area (Å²) >= 11 is 0. The van der Waals surface area contributed by atoms with Crippen LogP contribution in [0.25, 0.3) is 0 Å². The highest BCUT2D eigenvalue weighted by Gasteiger charge is 2.31. The van der Waals surface area contributed by atoms with Crippen molar-refractivity contribution in [2.45, 2.75) is 47.5 Å². The van der Waals surface area contributed by atoms with Crippen LogP contribution in [0.3, 0.4) is 0 Å². The van der Waals surface area contributed by atoms with Gasteiger partial charge in [0.1, 0.15) is 0 Å². The molecule has 1 heterocycles.